The third kappa shape index (κ3) is 6.67. The van der Waals surface area contributed by atoms with Crippen LogP contribution in [0.3, 0.4) is 0 Å². The SMILES string of the molecule is CSc1ccc(S(=O)(=O)NCCSC(C)(C)C)cc1C(=O)N1CCOCC1. The average molecular weight is 433 g/mol. The minimum Gasteiger partial charge on any atom is -0.378 e. The molecule has 27 heavy (non-hydrogen) atoms. The van der Waals surface area contributed by atoms with Crippen LogP contribution in [0.15, 0.2) is 28.0 Å². The predicted molar refractivity (Wildman–Crippen MR) is 112 cm³/mol. The van der Waals surface area contributed by atoms with Crippen LogP contribution in [0.25, 0.3) is 0 Å². The Bertz CT molecular complexity index is 754. The Hall–Kier alpha value is -0.740. The summed E-state index contributed by atoms with van der Waals surface area (Å²) in [6.07, 6.45) is 1.88. The van der Waals surface area contributed by atoms with Crippen LogP contribution in [-0.2, 0) is 14.8 Å². The Kier molecular flexibility index (Phi) is 8.05. The topological polar surface area (TPSA) is 75.7 Å². The van der Waals surface area contributed by atoms with E-state index in [1.807, 2.05) is 6.26 Å². The molecule has 1 N–H and O–H groups in total. The molecular weight excluding hydrogens is 404 g/mol. The van der Waals surface area contributed by atoms with Gasteiger partial charge in [-0.2, -0.15) is 11.8 Å². The van der Waals surface area contributed by atoms with Crippen LogP contribution in [0.5, 0.6) is 0 Å². The van der Waals surface area contributed by atoms with Gasteiger partial charge in [0.15, 0.2) is 0 Å². The Balaban J connectivity index is 2.16. The van der Waals surface area contributed by atoms with Gasteiger partial charge in [-0.05, 0) is 24.5 Å². The fraction of sp³-hybridized carbons (Fsp3) is 0.611. The Morgan fingerprint density at radius 3 is 2.52 bits per heavy atom. The molecule has 2 rings (SSSR count). The number of morpholine rings is 1. The number of sulfonamides is 1. The van der Waals surface area contributed by atoms with Crippen molar-refractivity contribution in [1.29, 1.82) is 0 Å². The van der Waals surface area contributed by atoms with Gasteiger partial charge in [0.2, 0.25) is 10.0 Å². The monoisotopic (exact) mass is 432 g/mol. The number of amides is 1. The molecule has 0 bridgehead atoms. The predicted octanol–water partition coefficient (Wildman–Crippen LogP) is 2.69. The summed E-state index contributed by atoms with van der Waals surface area (Å²) in [7, 11) is -3.66. The van der Waals surface area contributed by atoms with Crippen molar-refractivity contribution in [2.75, 3.05) is 44.9 Å². The van der Waals surface area contributed by atoms with Gasteiger partial charge in [0.05, 0.1) is 23.7 Å². The van der Waals surface area contributed by atoms with E-state index < -0.39 is 10.0 Å². The van der Waals surface area contributed by atoms with Crippen molar-refractivity contribution in [3.05, 3.63) is 23.8 Å². The van der Waals surface area contributed by atoms with E-state index in [-0.39, 0.29) is 15.5 Å². The smallest absolute Gasteiger partial charge is 0.255 e. The highest BCUT2D eigenvalue weighted by Gasteiger charge is 2.24. The molecule has 1 aromatic rings. The maximum absolute atomic E-state index is 12.9. The molecule has 1 fully saturated rings. The van der Waals surface area contributed by atoms with E-state index in [9.17, 15) is 13.2 Å². The van der Waals surface area contributed by atoms with Crippen molar-refractivity contribution < 1.29 is 17.9 Å². The number of ether oxygens (including phenoxy) is 1. The van der Waals surface area contributed by atoms with E-state index in [1.165, 1.54) is 17.8 Å². The Morgan fingerprint density at radius 2 is 1.93 bits per heavy atom. The number of nitrogens with zero attached hydrogens (tertiary/aromatic N) is 1. The van der Waals surface area contributed by atoms with Crippen molar-refractivity contribution in [3.63, 3.8) is 0 Å². The van der Waals surface area contributed by atoms with E-state index in [2.05, 4.69) is 25.5 Å². The van der Waals surface area contributed by atoms with Gasteiger partial charge >= 0.3 is 0 Å². The second-order valence-corrected chi connectivity index (χ2v) is 11.7. The molecule has 0 unspecified atom stereocenters. The molecule has 9 heteroatoms. The zero-order chi connectivity index (χ0) is 20.1. The molecule has 1 aromatic carbocycles. The van der Waals surface area contributed by atoms with Crippen LogP contribution in [0.2, 0.25) is 0 Å². The highest BCUT2D eigenvalue weighted by molar-refractivity contribution is 8.00. The molecule has 1 saturated heterocycles. The lowest BCUT2D eigenvalue weighted by molar-refractivity contribution is 0.0300. The Morgan fingerprint density at radius 1 is 1.26 bits per heavy atom. The van der Waals surface area contributed by atoms with Crippen LogP contribution >= 0.6 is 23.5 Å². The van der Waals surface area contributed by atoms with Crippen molar-refractivity contribution >= 4 is 39.5 Å². The van der Waals surface area contributed by atoms with E-state index in [4.69, 9.17) is 4.74 Å². The summed E-state index contributed by atoms with van der Waals surface area (Å²) in [5, 5.41) is 0. The van der Waals surface area contributed by atoms with Gasteiger partial charge < -0.3 is 9.64 Å². The minimum absolute atomic E-state index is 0.0865. The summed E-state index contributed by atoms with van der Waals surface area (Å²) in [5.74, 6) is 0.536. The molecule has 0 spiro atoms. The number of nitrogens with one attached hydrogen (secondary N) is 1. The first-order chi connectivity index (χ1) is 12.6. The Labute approximate surface area is 170 Å². The first kappa shape index (κ1) is 22.5. The number of rotatable bonds is 7. The number of thioether (sulfide) groups is 2. The fourth-order valence-electron chi connectivity index (χ4n) is 2.57. The van der Waals surface area contributed by atoms with E-state index in [1.54, 1.807) is 28.8 Å². The second-order valence-electron chi connectivity index (χ2n) is 7.13. The molecule has 152 valence electrons. The number of hydrogen-bond donors (Lipinski definition) is 1. The van der Waals surface area contributed by atoms with Crippen molar-refractivity contribution in [3.8, 4) is 0 Å². The maximum atomic E-state index is 12.9. The highest BCUT2D eigenvalue weighted by Crippen LogP contribution is 2.26. The van der Waals surface area contributed by atoms with Crippen molar-refractivity contribution in [1.82, 2.24) is 9.62 Å². The maximum Gasteiger partial charge on any atom is 0.255 e. The molecular formula is C18H28N2O4S3. The normalized spacial score (nSPS) is 15.8. The van der Waals surface area contributed by atoms with Crippen LogP contribution in [0.1, 0.15) is 31.1 Å². The van der Waals surface area contributed by atoms with Gasteiger partial charge in [0.1, 0.15) is 0 Å². The van der Waals surface area contributed by atoms with Gasteiger partial charge in [-0.3, -0.25) is 4.79 Å². The fourth-order valence-corrected chi connectivity index (χ4v) is 5.15. The van der Waals surface area contributed by atoms with E-state index in [0.717, 1.165) is 4.90 Å². The molecule has 1 heterocycles. The highest BCUT2D eigenvalue weighted by atomic mass is 32.2. The van der Waals surface area contributed by atoms with Gasteiger partial charge in [-0.15, -0.1) is 11.8 Å². The van der Waals surface area contributed by atoms with Crippen LogP contribution in [0.4, 0.5) is 0 Å². The summed E-state index contributed by atoms with van der Waals surface area (Å²) in [5.41, 5.74) is 0.427. The van der Waals surface area contributed by atoms with Gasteiger partial charge in [0.25, 0.3) is 5.91 Å². The summed E-state index contributed by atoms with van der Waals surface area (Å²) in [4.78, 5) is 15.5. The summed E-state index contributed by atoms with van der Waals surface area (Å²) >= 11 is 3.13. The molecule has 1 aliphatic rings. The largest absolute Gasteiger partial charge is 0.378 e. The molecule has 0 saturated carbocycles. The average Bonchev–Trinajstić information content (AvgIpc) is 2.64. The number of carbonyl (C=O) groups is 1. The van der Waals surface area contributed by atoms with Crippen molar-refractivity contribution in [2.45, 2.75) is 35.3 Å². The van der Waals surface area contributed by atoms with E-state index >= 15 is 0 Å². The molecule has 0 aromatic heterocycles. The standard InChI is InChI=1S/C18H28N2O4S3/c1-18(2,3)26-12-7-19-27(22,23)14-5-6-16(25-4)15(13-14)17(21)20-8-10-24-11-9-20/h5-6,13,19H,7-12H2,1-4H3. The third-order valence-corrected chi connectivity index (χ3v) is 7.47. The lowest BCUT2D eigenvalue weighted by atomic mass is 10.2. The molecule has 1 amide bonds. The summed E-state index contributed by atoms with van der Waals surface area (Å²) in [6, 6.07) is 4.75. The van der Waals surface area contributed by atoms with Gasteiger partial charge in [0, 0.05) is 35.0 Å². The number of hydrogen-bond acceptors (Lipinski definition) is 6. The first-order valence-corrected chi connectivity index (χ1v) is 12.5. The molecule has 0 atom stereocenters. The van der Waals surface area contributed by atoms with Gasteiger partial charge in [-0.1, -0.05) is 20.8 Å². The molecule has 0 radical (unpaired) electrons. The molecule has 6 nitrogen and oxygen atoms in total. The second kappa shape index (κ2) is 9.65. The third-order valence-electron chi connectivity index (χ3n) is 3.94. The van der Waals surface area contributed by atoms with Crippen LogP contribution < -0.4 is 4.72 Å². The molecule has 1 aliphatic heterocycles. The summed E-state index contributed by atoms with van der Waals surface area (Å²) in [6.45, 7) is 8.68. The van der Waals surface area contributed by atoms with Gasteiger partial charge in [-0.25, -0.2) is 13.1 Å². The minimum atomic E-state index is -3.66. The number of benzene rings is 1. The van der Waals surface area contributed by atoms with Crippen LogP contribution in [-0.4, -0.2) is 68.8 Å². The molecule has 0 aliphatic carbocycles. The lowest BCUT2D eigenvalue weighted by Gasteiger charge is -2.27. The van der Waals surface area contributed by atoms with E-state index in [0.29, 0.717) is 44.2 Å². The quantitative estimate of drug-likeness (QED) is 0.527. The van der Waals surface area contributed by atoms with Crippen LogP contribution in [0, 0.1) is 0 Å². The zero-order valence-electron chi connectivity index (χ0n) is 16.3. The first-order valence-electron chi connectivity index (χ1n) is 8.83. The van der Waals surface area contributed by atoms with Crippen molar-refractivity contribution in [2.24, 2.45) is 0 Å². The summed E-state index contributed by atoms with van der Waals surface area (Å²) < 4.78 is 33.3. The lowest BCUT2D eigenvalue weighted by Crippen LogP contribution is -2.41. The number of carbonyl (C=O) groups excluding carboxylic acids is 1. The zero-order valence-corrected chi connectivity index (χ0v) is 18.7.